The summed E-state index contributed by atoms with van der Waals surface area (Å²) in [4.78, 5) is 8.42. The van der Waals surface area contributed by atoms with Crippen LogP contribution in [0.1, 0.15) is 0 Å². The van der Waals surface area contributed by atoms with Gasteiger partial charge in [-0.05, 0) is 12.1 Å². The van der Waals surface area contributed by atoms with Gasteiger partial charge >= 0.3 is 0 Å². The lowest BCUT2D eigenvalue weighted by Crippen LogP contribution is -2.15. The number of alkyl halides is 2. The maximum Gasteiger partial charge on any atom is 0.257 e. The number of methoxy groups -OCH3 is 1. The second-order valence-corrected chi connectivity index (χ2v) is 7.86. The number of rotatable bonds is 7. The van der Waals surface area contributed by atoms with Gasteiger partial charge in [-0.25, -0.2) is 32.0 Å². The number of primary sulfonamides is 1. The number of sulfonamides is 1. The SMILES string of the molecule is COc1nn(CC(F)F)cc1Nc1ncc2cnn(-c3ccccc3S(N)(=O)=O)c2n1. The van der Waals surface area contributed by atoms with Crippen LogP contribution in [0.2, 0.25) is 0 Å². The van der Waals surface area contributed by atoms with Gasteiger partial charge in [0.1, 0.15) is 17.1 Å². The lowest BCUT2D eigenvalue weighted by atomic mass is 10.3. The topological polar surface area (TPSA) is 143 Å². The zero-order valence-electron chi connectivity index (χ0n) is 16.0. The summed E-state index contributed by atoms with van der Waals surface area (Å²) < 4.78 is 56.7. The van der Waals surface area contributed by atoms with Crippen molar-refractivity contribution < 1.29 is 21.9 Å². The summed E-state index contributed by atoms with van der Waals surface area (Å²) in [5, 5.41) is 16.8. The standard InChI is InChI=1S/C17H16F2N8O3S/c1-30-16-11(8-26(25-16)9-14(18)19)23-17-21-6-10-7-22-27(15(10)24-17)12-4-2-3-5-13(12)31(20,28)29/h2-8,14H,9H2,1H3,(H2,20,28,29)(H,21,23,24). The predicted molar refractivity (Wildman–Crippen MR) is 106 cm³/mol. The molecule has 0 unspecified atom stereocenters. The highest BCUT2D eigenvalue weighted by Gasteiger charge is 2.19. The van der Waals surface area contributed by atoms with E-state index in [2.05, 4.69) is 25.5 Å². The number of hydrogen-bond donors (Lipinski definition) is 2. The summed E-state index contributed by atoms with van der Waals surface area (Å²) in [6.07, 6.45) is 1.70. The molecule has 3 N–H and O–H groups in total. The Bertz CT molecular complexity index is 1350. The molecule has 0 radical (unpaired) electrons. The van der Waals surface area contributed by atoms with Gasteiger partial charge in [0, 0.05) is 6.20 Å². The molecule has 0 bridgehead atoms. The zero-order chi connectivity index (χ0) is 22.2. The lowest BCUT2D eigenvalue weighted by molar-refractivity contribution is 0.121. The number of benzene rings is 1. The second kappa shape index (κ2) is 7.88. The van der Waals surface area contributed by atoms with E-state index in [1.165, 1.54) is 36.4 Å². The van der Waals surface area contributed by atoms with Crippen molar-refractivity contribution in [3.05, 3.63) is 42.9 Å². The minimum atomic E-state index is -4.01. The molecule has 0 amide bonds. The molecular weight excluding hydrogens is 434 g/mol. The van der Waals surface area contributed by atoms with Crippen molar-refractivity contribution in [3.63, 3.8) is 0 Å². The molecule has 3 aromatic heterocycles. The molecular formula is C17H16F2N8O3S. The van der Waals surface area contributed by atoms with Crippen molar-refractivity contribution >= 4 is 32.7 Å². The molecule has 0 fully saturated rings. The molecule has 0 aliphatic heterocycles. The maximum absolute atomic E-state index is 12.6. The van der Waals surface area contributed by atoms with E-state index in [1.807, 2.05) is 0 Å². The van der Waals surface area contributed by atoms with Crippen molar-refractivity contribution in [2.75, 3.05) is 12.4 Å². The van der Waals surface area contributed by atoms with Crippen LogP contribution in [0.15, 0.2) is 47.8 Å². The second-order valence-electron chi connectivity index (χ2n) is 6.33. The van der Waals surface area contributed by atoms with E-state index < -0.39 is 23.0 Å². The molecule has 11 nitrogen and oxygen atoms in total. The molecule has 0 saturated carbocycles. The van der Waals surface area contributed by atoms with Crippen molar-refractivity contribution in [1.82, 2.24) is 29.5 Å². The Morgan fingerprint density at radius 3 is 2.74 bits per heavy atom. The third kappa shape index (κ3) is 4.15. The molecule has 31 heavy (non-hydrogen) atoms. The van der Waals surface area contributed by atoms with E-state index in [0.29, 0.717) is 11.0 Å². The molecule has 0 spiro atoms. The third-order valence-corrected chi connectivity index (χ3v) is 5.16. The summed E-state index contributed by atoms with van der Waals surface area (Å²) in [6, 6.07) is 6.08. The fraction of sp³-hybridized carbons (Fsp3) is 0.176. The summed E-state index contributed by atoms with van der Waals surface area (Å²) >= 11 is 0. The zero-order valence-corrected chi connectivity index (χ0v) is 16.8. The molecule has 4 rings (SSSR count). The quantitative estimate of drug-likeness (QED) is 0.433. The Balaban J connectivity index is 1.75. The van der Waals surface area contributed by atoms with Crippen molar-refractivity contribution in [3.8, 4) is 11.6 Å². The molecule has 3 heterocycles. The molecule has 0 saturated heterocycles. The van der Waals surface area contributed by atoms with Gasteiger partial charge in [-0.1, -0.05) is 12.1 Å². The minimum Gasteiger partial charge on any atom is -0.478 e. The minimum absolute atomic E-state index is 0.0809. The number of halogens is 2. The van der Waals surface area contributed by atoms with Gasteiger partial charge in [0.2, 0.25) is 16.0 Å². The van der Waals surface area contributed by atoms with Gasteiger partial charge in [0.15, 0.2) is 5.65 Å². The molecule has 14 heteroatoms. The first-order chi connectivity index (χ1) is 14.8. The first kappa shape index (κ1) is 20.6. The number of aromatic nitrogens is 6. The molecule has 4 aromatic rings. The molecule has 162 valence electrons. The lowest BCUT2D eigenvalue weighted by Gasteiger charge is -2.09. The summed E-state index contributed by atoms with van der Waals surface area (Å²) in [6.45, 7) is -0.602. The molecule has 0 aliphatic rings. The van der Waals surface area contributed by atoms with Crippen LogP contribution < -0.4 is 15.2 Å². The maximum atomic E-state index is 12.6. The summed E-state index contributed by atoms with van der Waals surface area (Å²) in [5.74, 6) is 0.176. The van der Waals surface area contributed by atoms with Crippen LogP contribution in [0.25, 0.3) is 16.7 Å². The number of nitrogens with two attached hydrogens (primary N) is 1. The number of ether oxygens (including phenoxy) is 1. The normalized spacial score (nSPS) is 11.9. The van der Waals surface area contributed by atoms with Gasteiger partial charge in [0.25, 0.3) is 12.3 Å². The molecule has 0 aliphatic carbocycles. The summed E-state index contributed by atoms with van der Waals surface area (Å²) in [5.41, 5.74) is 0.790. The molecule has 0 atom stereocenters. The van der Waals surface area contributed by atoms with E-state index in [1.54, 1.807) is 18.2 Å². The summed E-state index contributed by atoms with van der Waals surface area (Å²) in [7, 11) is -2.66. The third-order valence-electron chi connectivity index (χ3n) is 4.20. The van der Waals surface area contributed by atoms with E-state index in [4.69, 9.17) is 9.88 Å². The van der Waals surface area contributed by atoms with Crippen LogP contribution >= 0.6 is 0 Å². The smallest absolute Gasteiger partial charge is 0.257 e. The number of nitrogens with zero attached hydrogens (tertiary/aromatic N) is 6. The number of fused-ring (bicyclic) bond motifs is 1. The van der Waals surface area contributed by atoms with Crippen LogP contribution in [0.4, 0.5) is 20.4 Å². The average Bonchev–Trinajstić information content (AvgIpc) is 3.30. The molecule has 1 aromatic carbocycles. The van der Waals surface area contributed by atoms with Crippen LogP contribution in [0.3, 0.4) is 0 Å². The Hall–Kier alpha value is -3.65. The average molecular weight is 450 g/mol. The van der Waals surface area contributed by atoms with Gasteiger partial charge in [-0.15, -0.1) is 5.10 Å². The Morgan fingerprint density at radius 2 is 2.03 bits per heavy atom. The van der Waals surface area contributed by atoms with Crippen molar-refractivity contribution in [2.24, 2.45) is 5.14 Å². The fourth-order valence-corrected chi connectivity index (χ4v) is 3.64. The van der Waals surface area contributed by atoms with Crippen LogP contribution in [0.5, 0.6) is 5.88 Å². The van der Waals surface area contributed by atoms with Gasteiger partial charge < -0.3 is 10.1 Å². The first-order valence-electron chi connectivity index (χ1n) is 8.76. The highest BCUT2D eigenvalue weighted by Crippen LogP contribution is 2.27. The Morgan fingerprint density at radius 1 is 1.26 bits per heavy atom. The highest BCUT2D eigenvalue weighted by molar-refractivity contribution is 7.89. The Kier molecular flexibility index (Phi) is 5.24. The largest absolute Gasteiger partial charge is 0.478 e. The first-order valence-corrected chi connectivity index (χ1v) is 10.3. The monoisotopic (exact) mass is 450 g/mol. The van der Waals surface area contributed by atoms with Gasteiger partial charge in [-0.3, -0.25) is 4.68 Å². The van der Waals surface area contributed by atoms with Crippen LogP contribution in [0, 0.1) is 0 Å². The number of hydrogen-bond acceptors (Lipinski definition) is 8. The van der Waals surface area contributed by atoms with E-state index in [0.717, 1.165) is 4.68 Å². The predicted octanol–water partition coefficient (Wildman–Crippen LogP) is 1.68. The number of para-hydroxylation sites is 1. The van der Waals surface area contributed by atoms with E-state index in [-0.39, 0.29) is 28.1 Å². The van der Waals surface area contributed by atoms with E-state index >= 15 is 0 Å². The van der Waals surface area contributed by atoms with Gasteiger partial charge in [0.05, 0.1) is 30.6 Å². The van der Waals surface area contributed by atoms with Crippen LogP contribution in [-0.2, 0) is 16.6 Å². The number of anilines is 2. The van der Waals surface area contributed by atoms with Crippen molar-refractivity contribution in [2.45, 2.75) is 17.9 Å². The van der Waals surface area contributed by atoms with Crippen molar-refractivity contribution in [1.29, 1.82) is 0 Å². The van der Waals surface area contributed by atoms with Gasteiger partial charge in [-0.2, -0.15) is 10.1 Å². The highest BCUT2D eigenvalue weighted by atomic mass is 32.2. The number of nitrogens with one attached hydrogen (secondary N) is 1. The van der Waals surface area contributed by atoms with Crippen LogP contribution in [-0.4, -0.2) is 51.5 Å². The Labute approximate surface area is 174 Å². The fourth-order valence-electron chi connectivity index (χ4n) is 2.92. The van der Waals surface area contributed by atoms with E-state index in [9.17, 15) is 17.2 Å².